The summed E-state index contributed by atoms with van der Waals surface area (Å²) in [6, 6.07) is 8.27. The van der Waals surface area contributed by atoms with Gasteiger partial charge in [-0.15, -0.1) is 0 Å². The molecule has 1 unspecified atom stereocenters. The van der Waals surface area contributed by atoms with Gasteiger partial charge in [0.25, 0.3) is 11.8 Å². The maximum atomic E-state index is 13.0. The largest absolute Gasteiger partial charge is 0.497 e. The molecular weight excluding hydrogens is 460 g/mol. The molecule has 0 bridgehead atoms. The van der Waals surface area contributed by atoms with Crippen LogP contribution in [-0.2, 0) is 16.1 Å². The quantitative estimate of drug-likeness (QED) is 0.498. The van der Waals surface area contributed by atoms with E-state index in [0.717, 1.165) is 35.4 Å². The number of nitrogens with one attached hydrogen (secondary N) is 2. The van der Waals surface area contributed by atoms with E-state index in [4.69, 9.17) is 9.47 Å². The van der Waals surface area contributed by atoms with Gasteiger partial charge in [-0.3, -0.25) is 19.9 Å². The van der Waals surface area contributed by atoms with E-state index in [0.29, 0.717) is 23.4 Å². The third-order valence-electron chi connectivity index (χ3n) is 6.41. The van der Waals surface area contributed by atoms with Crippen LogP contribution in [0.25, 0.3) is 5.57 Å². The number of allylic oxidation sites excluding steroid dienone is 3. The fourth-order valence-electron chi connectivity index (χ4n) is 4.52. The maximum absolute atomic E-state index is 13.0. The summed E-state index contributed by atoms with van der Waals surface area (Å²) in [5.41, 5.74) is 2.11. The number of benzene rings is 1. The minimum absolute atomic E-state index is 0.102. The minimum Gasteiger partial charge on any atom is -0.497 e. The van der Waals surface area contributed by atoms with Gasteiger partial charge in [0.1, 0.15) is 11.5 Å². The zero-order valence-electron chi connectivity index (χ0n) is 19.9. The summed E-state index contributed by atoms with van der Waals surface area (Å²) >= 11 is 0. The summed E-state index contributed by atoms with van der Waals surface area (Å²) in [6.45, 7) is 0.196. The van der Waals surface area contributed by atoms with Gasteiger partial charge in [-0.25, -0.2) is 4.79 Å². The normalized spacial score (nSPS) is 20.5. The topological polar surface area (TPSA) is 110 Å². The molecular formula is C27H24N4O5. The van der Waals surface area contributed by atoms with E-state index >= 15 is 0 Å². The van der Waals surface area contributed by atoms with Crippen LogP contribution in [0.3, 0.4) is 0 Å². The molecule has 1 aliphatic carbocycles. The summed E-state index contributed by atoms with van der Waals surface area (Å²) in [5.74, 6) is 6.36. The van der Waals surface area contributed by atoms with Crippen molar-refractivity contribution >= 4 is 23.4 Å². The Labute approximate surface area is 208 Å². The Morgan fingerprint density at radius 1 is 1.14 bits per heavy atom. The van der Waals surface area contributed by atoms with Crippen LogP contribution in [0.5, 0.6) is 5.75 Å². The Morgan fingerprint density at radius 3 is 2.69 bits per heavy atom. The number of nitrogens with zero attached hydrogens (tertiary/aromatic N) is 2. The highest BCUT2D eigenvalue weighted by Crippen LogP contribution is 2.29. The van der Waals surface area contributed by atoms with Gasteiger partial charge >= 0.3 is 6.03 Å². The fourth-order valence-corrected chi connectivity index (χ4v) is 4.52. The first kappa shape index (κ1) is 23.2. The molecule has 3 aliphatic rings. The van der Waals surface area contributed by atoms with Gasteiger partial charge in [-0.2, -0.15) is 0 Å². The third kappa shape index (κ3) is 4.18. The lowest BCUT2D eigenvalue weighted by Gasteiger charge is -2.26. The smallest absolute Gasteiger partial charge is 0.323 e. The number of fused-ring (bicyclic) bond motifs is 1. The monoisotopic (exact) mass is 484 g/mol. The number of hydrogen-bond donors (Lipinski definition) is 2. The number of carbonyl (C=O) groups excluding carboxylic acids is 3. The molecule has 2 N–H and O–H groups in total. The van der Waals surface area contributed by atoms with Crippen molar-refractivity contribution in [3.8, 4) is 17.6 Å². The van der Waals surface area contributed by atoms with Crippen molar-refractivity contribution in [2.24, 2.45) is 0 Å². The van der Waals surface area contributed by atoms with E-state index in [1.54, 1.807) is 31.5 Å². The van der Waals surface area contributed by atoms with Crippen LogP contribution in [0.4, 0.5) is 4.79 Å². The molecule has 5 rings (SSSR count). The molecule has 1 atom stereocenters. The number of rotatable bonds is 5. The number of amides is 4. The van der Waals surface area contributed by atoms with Gasteiger partial charge in [-0.05, 0) is 48.7 Å². The molecule has 2 aliphatic heterocycles. The first-order valence-corrected chi connectivity index (χ1v) is 11.5. The lowest BCUT2D eigenvalue weighted by Crippen LogP contribution is -2.54. The van der Waals surface area contributed by atoms with Crippen molar-refractivity contribution in [3.63, 3.8) is 0 Å². The lowest BCUT2D eigenvalue weighted by molar-refractivity contribution is -0.122. The molecule has 3 heterocycles. The number of carbonyl (C=O) groups is 3. The first-order chi connectivity index (χ1) is 17.4. The predicted octanol–water partition coefficient (Wildman–Crippen LogP) is 2.38. The van der Waals surface area contributed by atoms with Crippen molar-refractivity contribution in [3.05, 3.63) is 76.8 Å². The predicted molar refractivity (Wildman–Crippen MR) is 131 cm³/mol. The second-order valence-electron chi connectivity index (χ2n) is 8.67. The molecule has 4 amide bonds. The average Bonchev–Trinajstić information content (AvgIpc) is 3.36. The van der Waals surface area contributed by atoms with Crippen LogP contribution in [0.2, 0.25) is 0 Å². The molecule has 9 heteroatoms. The highest BCUT2D eigenvalue weighted by atomic mass is 16.5. The maximum Gasteiger partial charge on any atom is 0.323 e. The molecule has 182 valence electrons. The summed E-state index contributed by atoms with van der Waals surface area (Å²) < 4.78 is 10.7. The summed E-state index contributed by atoms with van der Waals surface area (Å²) in [4.78, 5) is 43.9. The Morgan fingerprint density at radius 2 is 2.00 bits per heavy atom. The highest BCUT2D eigenvalue weighted by Gasteiger charge is 2.48. The SMILES string of the molecule is COC1=C(c2ccc(C#CC3(CN4Cc5ccc(OC)cc5C4=O)NC(=O)NC3=O)cn2)CCC=C1. The van der Waals surface area contributed by atoms with Crippen molar-refractivity contribution in [2.45, 2.75) is 24.9 Å². The number of imide groups is 1. The summed E-state index contributed by atoms with van der Waals surface area (Å²) in [6.07, 6.45) is 7.35. The van der Waals surface area contributed by atoms with Crippen molar-refractivity contribution in [1.29, 1.82) is 0 Å². The molecule has 1 saturated heterocycles. The summed E-state index contributed by atoms with van der Waals surface area (Å²) in [7, 11) is 3.16. The Bertz CT molecular complexity index is 1380. The van der Waals surface area contributed by atoms with E-state index in [1.807, 2.05) is 18.2 Å². The third-order valence-corrected chi connectivity index (χ3v) is 6.41. The van der Waals surface area contributed by atoms with E-state index in [-0.39, 0.29) is 12.5 Å². The lowest BCUT2D eigenvalue weighted by atomic mass is 9.98. The number of ether oxygens (including phenoxy) is 2. The zero-order chi connectivity index (χ0) is 25.3. The molecule has 1 aromatic heterocycles. The van der Waals surface area contributed by atoms with Gasteiger partial charge in [0, 0.05) is 29.4 Å². The first-order valence-electron chi connectivity index (χ1n) is 11.5. The molecule has 0 spiro atoms. The molecule has 2 aromatic rings. The molecule has 0 radical (unpaired) electrons. The average molecular weight is 485 g/mol. The van der Waals surface area contributed by atoms with Crippen LogP contribution in [0.15, 0.2) is 54.4 Å². The molecule has 1 fully saturated rings. The van der Waals surface area contributed by atoms with Crippen LogP contribution in [-0.4, -0.2) is 54.0 Å². The van der Waals surface area contributed by atoms with E-state index < -0.39 is 17.5 Å². The Hall–Kier alpha value is -4.58. The van der Waals surface area contributed by atoms with Crippen molar-refractivity contribution in [1.82, 2.24) is 20.5 Å². The molecule has 1 aromatic carbocycles. The van der Waals surface area contributed by atoms with Crippen LogP contribution in [0, 0.1) is 11.8 Å². The van der Waals surface area contributed by atoms with Gasteiger partial charge < -0.3 is 19.7 Å². The number of aromatic nitrogens is 1. The van der Waals surface area contributed by atoms with Gasteiger partial charge in [-0.1, -0.05) is 24.0 Å². The van der Waals surface area contributed by atoms with Gasteiger partial charge in [0.2, 0.25) is 5.54 Å². The second-order valence-corrected chi connectivity index (χ2v) is 8.67. The number of urea groups is 1. The number of pyridine rings is 1. The van der Waals surface area contributed by atoms with E-state index in [2.05, 4.69) is 33.5 Å². The van der Waals surface area contributed by atoms with Crippen LogP contribution in [0.1, 0.15) is 40.0 Å². The standard InChI is InChI=1S/C27H24N4O5/c1-35-19-9-8-18-15-31(24(32)21(18)13-19)16-27(25(33)29-26(34)30-27)12-11-17-7-10-22(28-14-17)20-5-3-4-6-23(20)36-2/h4,6-10,13-14H,3,5,15-16H2,1-2H3,(H2,29,30,33,34). The fraction of sp³-hybridized carbons (Fsp3) is 0.259. The van der Waals surface area contributed by atoms with E-state index in [1.165, 1.54) is 12.0 Å². The van der Waals surface area contributed by atoms with Gasteiger partial charge in [0.15, 0.2) is 0 Å². The number of methoxy groups -OCH3 is 2. The summed E-state index contributed by atoms with van der Waals surface area (Å²) in [5, 5.41) is 4.86. The zero-order valence-corrected chi connectivity index (χ0v) is 19.9. The van der Waals surface area contributed by atoms with Crippen LogP contribution < -0.4 is 15.4 Å². The Kier molecular flexibility index (Phi) is 5.94. The van der Waals surface area contributed by atoms with Crippen LogP contribution >= 0.6 is 0 Å². The highest BCUT2D eigenvalue weighted by molar-refractivity contribution is 6.10. The van der Waals surface area contributed by atoms with Gasteiger partial charge in [0.05, 0.1) is 26.5 Å². The second kappa shape index (κ2) is 9.23. The van der Waals surface area contributed by atoms with E-state index in [9.17, 15) is 14.4 Å². The van der Waals surface area contributed by atoms with Crippen molar-refractivity contribution in [2.75, 3.05) is 20.8 Å². The van der Waals surface area contributed by atoms with Crippen molar-refractivity contribution < 1.29 is 23.9 Å². The molecule has 36 heavy (non-hydrogen) atoms. The molecule has 0 saturated carbocycles. The minimum atomic E-state index is -1.59. The number of hydrogen-bond acceptors (Lipinski definition) is 6. The molecule has 9 nitrogen and oxygen atoms in total. The Balaban J connectivity index is 1.41.